The van der Waals surface area contributed by atoms with E-state index in [9.17, 15) is 5.11 Å². The van der Waals surface area contributed by atoms with Crippen molar-refractivity contribution in [2.24, 2.45) is 11.7 Å². The Morgan fingerprint density at radius 1 is 1.00 bits per heavy atom. The zero-order valence-electron chi connectivity index (χ0n) is 15.3. The Bertz CT molecular complexity index is 645. The largest absolute Gasteiger partial charge is 0.493 e. The summed E-state index contributed by atoms with van der Waals surface area (Å²) in [4.78, 5) is 0. The molecule has 2 rings (SSSR count). The van der Waals surface area contributed by atoms with Gasteiger partial charge in [0.1, 0.15) is 0 Å². The summed E-state index contributed by atoms with van der Waals surface area (Å²) in [5, 5.41) is 10.7. The lowest BCUT2D eigenvalue weighted by Gasteiger charge is -2.28. The molecule has 4 nitrogen and oxygen atoms in total. The monoisotopic (exact) mass is 343 g/mol. The molecular weight excluding hydrogens is 314 g/mol. The lowest BCUT2D eigenvalue weighted by Crippen LogP contribution is -2.37. The molecule has 1 unspecified atom stereocenters. The second-order valence-electron chi connectivity index (χ2n) is 6.38. The van der Waals surface area contributed by atoms with Gasteiger partial charge >= 0.3 is 0 Å². The number of aliphatic hydroxyl groups is 1. The molecule has 0 saturated heterocycles. The Balaban J connectivity index is 2.17. The molecule has 0 aliphatic rings. The fourth-order valence-corrected chi connectivity index (χ4v) is 3.24. The van der Waals surface area contributed by atoms with Crippen LogP contribution in [0.2, 0.25) is 0 Å². The molecule has 0 bridgehead atoms. The first-order valence-corrected chi connectivity index (χ1v) is 8.80. The first kappa shape index (κ1) is 19.3. The predicted molar refractivity (Wildman–Crippen MR) is 101 cm³/mol. The van der Waals surface area contributed by atoms with Crippen LogP contribution >= 0.6 is 0 Å². The smallest absolute Gasteiger partial charge is 0.160 e. The van der Waals surface area contributed by atoms with Crippen LogP contribution in [0.3, 0.4) is 0 Å². The first-order chi connectivity index (χ1) is 12.1. The van der Waals surface area contributed by atoms with Crippen LogP contribution in [0.25, 0.3) is 0 Å². The Kier molecular flexibility index (Phi) is 7.29. The highest BCUT2D eigenvalue weighted by Crippen LogP contribution is 2.31. The summed E-state index contributed by atoms with van der Waals surface area (Å²) < 4.78 is 10.7. The van der Waals surface area contributed by atoms with Gasteiger partial charge in [-0.05, 0) is 42.0 Å². The van der Waals surface area contributed by atoms with E-state index in [0.717, 1.165) is 30.4 Å². The van der Waals surface area contributed by atoms with Gasteiger partial charge in [0.05, 0.1) is 20.3 Å². The van der Waals surface area contributed by atoms with Gasteiger partial charge in [0.15, 0.2) is 11.5 Å². The Morgan fingerprint density at radius 3 is 2.28 bits per heavy atom. The van der Waals surface area contributed by atoms with Crippen molar-refractivity contribution in [3.63, 3.8) is 0 Å². The maximum Gasteiger partial charge on any atom is 0.160 e. The van der Waals surface area contributed by atoms with Crippen molar-refractivity contribution in [3.05, 3.63) is 59.7 Å². The molecule has 2 aromatic carbocycles. The first-order valence-electron chi connectivity index (χ1n) is 8.80. The molecule has 0 aliphatic heterocycles. The van der Waals surface area contributed by atoms with Crippen LogP contribution in [0.15, 0.2) is 48.5 Å². The minimum absolute atomic E-state index is 0.179. The highest BCUT2D eigenvalue weighted by Gasteiger charge is 2.26. The van der Waals surface area contributed by atoms with Crippen molar-refractivity contribution in [2.75, 3.05) is 14.2 Å². The zero-order valence-corrected chi connectivity index (χ0v) is 15.3. The van der Waals surface area contributed by atoms with E-state index in [4.69, 9.17) is 15.2 Å². The molecule has 0 radical (unpaired) electrons. The average molecular weight is 343 g/mol. The Morgan fingerprint density at radius 2 is 1.68 bits per heavy atom. The molecule has 0 aromatic heterocycles. The van der Waals surface area contributed by atoms with E-state index in [1.54, 1.807) is 14.2 Å². The summed E-state index contributed by atoms with van der Waals surface area (Å²) in [5.74, 6) is 1.61. The van der Waals surface area contributed by atoms with E-state index in [2.05, 4.69) is 6.92 Å². The van der Waals surface area contributed by atoms with Crippen LogP contribution in [-0.2, 0) is 6.42 Å². The van der Waals surface area contributed by atoms with Crippen molar-refractivity contribution < 1.29 is 14.6 Å². The van der Waals surface area contributed by atoms with E-state index in [1.165, 1.54) is 0 Å². The summed E-state index contributed by atoms with van der Waals surface area (Å²) >= 11 is 0. The van der Waals surface area contributed by atoms with Gasteiger partial charge in [0.2, 0.25) is 0 Å². The average Bonchev–Trinajstić information content (AvgIpc) is 2.67. The van der Waals surface area contributed by atoms with Crippen LogP contribution in [0.1, 0.15) is 37.0 Å². The molecule has 2 aromatic rings. The van der Waals surface area contributed by atoms with Gasteiger partial charge in [0, 0.05) is 6.04 Å². The highest BCUT2D eigenvalue weighted by atomic mass is 16.5. The molecule has 3 atom stereocenters. The summed E-state index contributed by atoms with van der Waals surface area (Å²) in [7, 11) is 3.26. The number of hydrogen-bond acceptors (Lipinski definition) is 4. The maximum absolute atomic E-state index is 10.7. The second-order valence-corrected chi connectivity index (χ2v) is 6.38. The van der Waals surface area contributed by atoms with Gasteiger partial charge in [-0.2, -0.15) is 0 Å². The van der Waals surface area contributed by atoms with E-state index in [0.29, 0.717) is 11.5 Å². The fraction of sp³-hybridized carbons (Fsp3) is 0.429. The van der Waals surface area contributed by atoms with Gasteiger partial charge < -0.3 is 20.3 Å². The molecule has 0 heterocycles. The van der Waals surface area contributed by atoms with Crippen molar-refractivity contribution in [3.8, 4) is 11.5 Å². The van der Waals surface area contributed by atoms with E-state index in [1.807, 2.05) is 48.5 Å². The Labute approximate surface area is 150 Å². The van der Waals surface area contributed by atoms with Crippen LogP contribution in [0.5, 0.6) is 11.5 Å². The van der Waals surface area contributed by atoms with Crippen LogP contribution in [0, 0.1) is 5.92 Å². The molecule has 0 aliphatic carbocycles. The molecule has 0 amide bonds. The van der Waals surface area contributed by atoms with Gasteiger partial charge in [-0.15, -0.1) is 0 Å². The third-order valence-electron chi connectivity index (χ3n) is 4.66. The second kappa shape index (κ2) is 9.44. The molecule has 0 saturated carbocycles. The maximum atomic E-state index is 10.7. The van der Waals surface area contributed by atoms with Gasteiger partial charge in [-0.3, -0.25) is 0 Å². The third-order valence-corrected chi connectivity index (χ3v) is 4.66. The normalized spacial score (nSPS) is 14.6. The number of ether oxygens (including phenoxy) is 2. The molecule has 4 heteroatoms. The van der Waals surface area contributed by atoms with Crippen molar-refractivity contribution in [1.82, 2.24) is 0 Å². The van der Waals surface area contributed by atoms with Crippen molar-refractivity contribution in [1.29, 1.82) is 0 Å². The zero-order chi connectivity index (χ0) is 18.2. The van der Waals surface area contributed by atoms with E-state index >= 15 is 0 Å². The van der Waals surface area contributed by atoms with Crippen molar-refractivity contribution in [2.45, 2.75) is 38.3 Å². The molecule has 0 spiro atoms. The predicted octanol–water partition coefficient (Wildman–Crippen LogP) is 3.72. The van der Waals surface area contributed by atoms with Crippen LogP contribution < -0.4 is 15.2 Å². The Hall–Kier alpha value is -2.04. The molecule has 25 heavy (non-hydrogen) atoms. The van der Waals surface area contributed by atoms with Gasteiger partial charge in [0.25, 0.3) is 0 Å². The lowest BCUT2D eigenvalue weighted by atomic mass is 9.84. The van der Waals surface area contributed by atoms with Gasteiger partial charge in [-0.1, -0.05) is 49.7 Å². The van der Waals surface area contributed by atoms with E-state index in [-0.39, 0.29) is 12.0 Å². The number of rotatable bonds is 9. The summed E-state index contributed by atoms with van der Waals surface area (Å²) in [6, 6.07) is 15.2. The topological polar surface area (TPSA) is 64.7 Å². The highest BCUT2D eigenvalue weighted by molar-refractivity contribution is 5.43. The number of methoxy groups -OCH3 is 2. The molecule has 3 N–H and O–H groups in total. The molecular formula is C21H29NO3. The third kappa shape index (κ3) is 4.97. The number of nitrogens with two attached hydrogens (primary N) is 1. The van der Waals surface area contributed by atoms with Crippen LogP contribution in [0.4, 0.5) is 0 Å². The molecule has 0 fully saturated rings. The minimum atomic E-state index is -0.669. The number of hydrogen-bond donors (Lipinski definition) is 2. The summed E-state index contributed by atoms with van der Waals surface area (Å²) in [5.41, 5.74) is 8.44. The van der Waals surface area contributed by atoms with Crippen LogP contribution in [-0.4, -0.2) is 25.4 Å². The van der Waals surface area contributed by atoms with Gasteiger partial charge in [-0.25, -0.2) is 0 Å². The number of aliphatic hydroxyl groups excluding tert-OH is 1. The summed E-state index contributed by atoms with van der Waals surface area (Å²) in [6.45, 7) is 2.14. The fourth-order valence-electron chi connectivity index (χ4n) is 3.24. The molecule has 136 valence electrons. The number of benzene rings is 2. The SMILES string of the molecule is CCCC(Cc1ccc(OC)c(OC)c1)[C@@H](N)[C@H](O)c1ccccc1. The lowest BCUT2D eigenvalue weighted by molar-refractivity contribution is 0.114. The quantitative estimate of drug-likeness (QED) is 0.728. The van der Waals surface area contributed by atoms with Crippen molar-refractivity contribution >= 4 is 0 Å². The van der Waals surface area contributed by atoms with E-state index < -0.39 is 6.10 Å². The minimum Gasteiger partial charge on any atom is -0.493 e. The standard InChI is InChI=1S/C21H29NO3/c1-4-8-17(20(22)21(23)16-9-6-5-7-10-16)13-15-11-12-18(24-2)19(14-15)25-3/h5-7,9-12,14,17,20-21,23H,4,8,13,22H2,1-3H3/t17?,20-,21-/m1/s1. The summed E-state index contributed by atoms with van der Waals surface area (Å²) in [6.07, 6.45) is 2.10.